The molecule has 1 aromatic rings. The molecule has 1 nitrogen and oxygen atoms in total. The van der Waals surface area contributed by atoms with Gasteiger partial charge in [0.1, 0.15) is 5.82 Å². The molecule has 2 heteroatoms. The Morgan fingerprint density at radius 3 is 2.93 bits per heavy atom. The predicted octanol–water partition coefficient (Wildman–Crippen LogP) is 2.60. The highest BCUT2D eigenvalue weighted by Gasteiger charge is 2.25. The summed E-state index contributed by atoms with van der Waals surface area (Å²) in [7, 11) is 0. The van der Waals surface area contributed by atoms with Crippen molar-refractivity contribution in [3.05, 3.63) is 35.1 Å². The molecule has 0 bridgehead atoms. The molecule has 0 aliphatic carbocycles. The molecule has 1 aliphatic rings. The Hall–Kier alpha value is -0.890. The van der Waals surface area contributed by atoms with Crippen molar-refractivity contribution in [2.45, 2.75) is 32.2 Å². The quantitative estimate of drug-likeness (QED) is 0.667. The van der Waals surface area contributed by atoms with Gasteiger partial charge in [0, 0.05) is 6.54 Å². The maximum atomic E-state index is 13.2. The maximum Gasteiger partial charge on any atom is 0.123 e. The van der Waals surface area contributed by atoms with Crippen LogP contribution < -0.4 is 5.32 Å². The first kappa shape index (κ1) is 9.66. The molecule has 0 atom stereocenters. The number of halogens is 1. The lowest BCUT2D eigenvalue weighted by Gasteiger charge is -2.24. The molecule has 76 valence electrons. The third-order valence-electron chi connectivity index (χ3n) is 3.04. The molecule has 0 aromatic heterocycles. The fourth-order valence-corrected chi connectivity index (χ4v) is 2.09. The zero-order valence-electron chi connectivity index (χ0n) is 8.73. The number of hydrogen-bond acceptors (Lipinski definition) is 1. The largest absolute Gasteiger partial charge is 0.313 e. The fraction of sp³-hybridized carbons (Fsp3) is 0.500. The van der Waals surface area contributed by atoms with Crippen LogP contribution in [0.3, 0.4) is 0 Å². The van der Waals surface area contributed by atoms with Crippen molar-refractivity contribution in [3.8, 4) is 0 Å². The predicted molar refractivity (Wildman–Crippen MR) is 55.7 cm³/mol. The van der Waals surface area contributed by atoms with Crippen LogP contribution in [-0.4, -0.2) is 6.54 Å². The summed E-state index contributed by atoms with van der Waals surface area (Å²) in [6.07, 6.45) is 1.06. The lowest BCUT2D eigenvalue weighted by atomic mass is 9.80. The van der Waals surface area contributed by atoms with Gasteiger partial charge < -0.3 is 5.32 Å². The number of benzene rings is 1. The summed E-state index contributed by atoms with van der Waals surface area (Å²) in [4.78, 5) is 0. The smallest absolute Gasteiger partial charge is 0.123 e. The Morgan fingerprint density at radius 1 is 1.36 bits per heavy atom. The Morgan fingerprint density at radius 2 is 2.14 bits per heavy atom. The van der Waals surface area contributed by atoms with Crippen molar-refractivity contribution < 1.29 is 4.39 Å². The van der Waals surface area contributed by atoms with Crippen LogP contribution in [0.15, 0.2) is 18.2 Å². The van der Waals surface area contributed by atoms with Crippen molar-refractivity contribution in [2.24, 2.45) is 0 Å². The molecular weight excluding hydrogens is 177 g/mol. The minimum atomic E-state index is -0.126. The van der Waals surface area contributed by atoms with Crippen molar-refractivity contribution >= 4 is 0 Å². The summed E-state index contributed by atoms with van der Waals surface area (Å²) in [5.74, 6) is -0.126. The van der Waals surface area contributed by atoms with Gasteiger partial charge in [-0.25, -0.2) is 4.39 Å². The molecule has 0 amide bonds. The molecule has 1 heterocycles. The van der Waals surface area contributed by atoms with Crippen molar-refractivity contribution in [2.75, 3.05) is 6.54 Å². The van der Waals surface area contributed by atoms with E-state index in [9.17, 15) is 4.39 Å². The van der Waals surface area contributed by atoms with E-state index in [1.54, 1.807) is 12.1 Å². The van der Waals surface area contributed by atoms with Crippen LogP contribution >= 0.6 is 0 Å². The van der Waals surface area contributed by atoms with Gasteiger partial charge in [-0.05, 0) is 41.6 Å². The minimum absolute atomic E-state index is 0.0843. The highest BCUT2D eigenvalue weighted by atomic mass is 19.1. The molecule has 2 rings (SSSR count). The second-order valence-corrected chi connectivity index (χ2v) is 4.61. The van der Waals surface area contributed by atoms with Crippen LogP contribution in [0.5, 0.6) is 0 Å². The van der Waals surface area contributed by atoms with Gasteiger partial charge in [0.25, 0.3) is 0 Å². The zero-order chi connectivity index (χ0) is 10.2. The van der Waals surface area contributed by atoms with Crippen LogP contribution in [-0.2, 0) is 12.0 Å². The Balaban J connectivity index is 2.52. The molecule has 1 aliphatic heterocycles. The maximum absolute atomic E-state index is 13.2. The molecule has 1 aromatic carbocycles. The average Bonchev–Trinajstić information content (AvgIpc) is 2.26. The second kappa shape index (κ2) is 3.35. The number of nitrogens with one attached hydrogen (secondary N) is 1. The molecule has 1 N–H and O–H groups in total. The Kier molecular flexibility index (Phi) is 2.31. The zero-order valence-corrected chi connectivity index (χ0v) is 8.73. The summed E-state index contributed by atoms with van der Waals surface area (Å²) in [5.41, 5.74) is 2.47. The highest BCUT2D eigenvalue weighted by molar-refractivity contribution is 5.34. The Bertz CT molecular complexity index is 344. The fourth-order valence-electron chi connectivity index (χ4n) is 2.09. The van der Waals surface area contributed by atoms with Gasteiger partial charge in [-0.15, -0.1) is 0 Å². The summed E-state index contributed by atoms with van der Waals surface area (Å²) < 4.78 is 13.2. The standard InChI is InChI=1S/C12H16FN/c1-12(2)5-6-14-8-9-3-4-10(13)7-11(9)12/h3-4,7,14H,5-6,8H2,1-2H3. The summed E-state index contributed by atoms with van der Waals surface area (Å²) >= 11 is 0. The van der Waals surface area contributed by atoms with Gasteiger partial charge in [0.15, 0.2) is 0 Å². The van der Waals surface area contributed by atoms with E-state index in [0.29, 0.717) is 0 Å². The molecule has 14 heavy (non-hydrogen) atoms. The molecule has 0 fully saturated rings. The Labute approximate surface area is 84.3 Å². The SMILES string of the molecule is CC1(C)CCNCc2ccc(F)cc21. The first-order valence-electron chi connectivity index (χ1n) is 5.09. The first-order valence-corrected chi connectivity index (χ1v) is 5.09. The number of hydrogen-bond donors (Lipinski definition) is 1. The van der Waals surface area contributed by atoms with E-state index in [-0.39, 0.29) is 11.2 Å². The van der Waals surface area contributed by atoms with Crippen LogP contribution in [0.25, 0.3) is 0 Å². The van der Waals surface area contributed by atoms with Gasteiger partial charge in [0.05, 0.1) is 0 Å². The lowest BCUT2D eigenvalue weighted by molar-refractivity contribution is 0.474. The summed E-state index contributed by atoms with van der Waals surface area (Å²) in [5, 5.41) is 3.36. The van der Waals surface area contributed by atoms with Gasteiger partial charge in [0.2, 0.25) is 0 Å². The first-order chi connectivity index (χ1) is 6.59. The normalized spacial score (nSPS) is 19.9. The van der Waals surface area contributed by atoms with Gasteiger partial charge in [-0.2, -0.15) is 0 Å². The summed E-state index contributed by atoms with van der Waals surface area (Å²) in [6.45, 7) is 6.22. The monoisotopic (exact) mass is 193 g/mol. The molecule has 0 spiro atoms. The van der Waals surface area contributed by atoms with Crippen LogP contribution in [0.2, 0.25) is 0 Å². The van der Waals surface area contributed by atoms with E-state index in [0.717, 1.165) is 25.1 Å². The number of rotatable bonds is 0. The third-order valence-corrected chi connectivity index (χ3v) is 3.04. The van der Waals surface area contributed by atoms with Gasteiger partial charge >= 0.3 is 0 Å². The van der Waals surface area contributed by atoms with Crippen LogP contribution in [0.1, 0.15) is 31.4 Å². The lowest BCUT2D eigenvalue weighted by Crippen LogP contribution is -2.20. The minimum Gasteiger partial charge on any atom is -0.313 e. The summed E-state index contributed by atoms with van der Waals surface area (Å²) in [6, 6.07) is 5.12. The third kappa shape index (κ3) is 1.67. The molecular formula is C12H16FN. The van der Waals surface area contributed by atoms with Crippen molar-refractivity contribution in [1.29, 1.82) is 0 Å². The second-order valence-electron chi connectivity index (χ2n) is 4.61. The van der Waals surface area contributed by atoms with Gasteiger partial charge in [-0.3, -0.25) is 0 Å². The van der Waals surface area contributed by atoms with Gasteiger partial charge in [-0.1, -0.05) is 19.9 Å². The van der Waals surface area contributed by atoms with E-state index < -0.39 is 0 Å². The van der Waals surface area contributed by atoms with E-state index >= 15 is 0 Å². The van der Waals surface area contributed by atoms with Crippen LogP contribution in [0, 0.1) is 5.82 Å². The topological polar surface area (TPSA) is 12.0 Å². The van der Waals surface area contributed by atoms with E-state index in [1.807, 2.05) is 6.07 Å². The molecule has 0 radical (unpaired) electrons. The molecule has 0 saturated carbocycles. The van der Waals surface area contributed by atoms with Crippen LogP contribution in [0.4, 0.5) is 4.39 Å². The van der Waals surface area contributed by atoms with E-state index in [4.69, 9.17) is 0 Å². The van der Waals surface area contributed by atoms with Crippen molar-refractivity contribution in [1.82, 2.24) is 5.32 Å². The molecule has 0 unspecified atom stereocenters. The van der Waals surface area contributed by atoms with E-state index in [2.05, 4.69) is 19.2 Å². The molecule has 0 saturated heterocycles. The number of fused-ring (bicyclic) bond motifs is 1. The van der Waals surface area contributed by atoms with E-state index in [1.165, 1.54) is 5.56 Å². The average molecular weight is 193 g/mol. The van der Waals surface area contributed by atoms with Crippen molar-refractivity contribution in [3.63, 3.8) is 0 Å². The highest BCUT2D eigenvalue weighted by Crippen LogP contribution is 2.31.